The first kappa shape index (κ1) is 15.6. The lowest BCUT2D eigenvalue weighted by Crippen LogP contribution is -1.96. The van der Waals surface area contributed by atoms with Crippen LogP contribution in [0, 0.1) is 0 Å². The van der Waals surface area contributed by atoms with Crippen molar-refractivity contribution >= 4 is 11.6 Å². The molecule has 0 atom stereocenters. The molecule has 3 aromatic rings. The van der Waals surface area contributed by atoms with Crippen LogP contribution in [0.5, 0.6) is 5.75 Å². The van der Waals surface area contributed by atoms with Crippen LogP contribution >= 0.6 is 11.6 Å². The highest BCUT2D eigenvalue weighted by molar-refractivity contribution is 6.32. The Morgan fingerprint density at radius 3 is 2.17 bits per heavy atom. The summed E-state index contributed by atoms with van der Waals surface area (Å²) in [5, 5.41) is 0.614. The zero-order chi connectivity index (χ0) is 16.1. The number of hydrogen-bond donors (Lipinski definition) is 1. The molecule has 0 heterocycles. The maximum Gasteiger partial charge on any atom is 0.139 e. The van der Waals surface area contributed by atoms with Gasteiger partial charge in [-0.25, -0.2) is 0 Å². The summed E-state index contributed by atoms with van der Waals surface area (Å²) in [6, 6.07) is 24.1. The van der Waals surface area contributed by atoms with Crippen LogP contribution in [-0.4, -0.2) is 0 Å². The zero-order valence-corrected chi connectivity index (χ0v) is 13.5. The van der Waals surface area contributed by atoms with E-state index >= 15 is 0 Å². The van der Waals surface area contributed by atoms with Crippen molar-refractivity contribution in [3.05, 3.63) is 88.9 Å². The molecule has 0 spiro atoms. The quantitative estimate of drug-likeness (QED) is 0.713. The fourth-order valence-corrected chi connectivity index (χ4v) is 2.53. The molecule has 0 bridgehead atoms. The van der Waals surface area contributed by atoms with Crippen molar-refractivity contribution in [2.45, 2.75) is 13.2 Å². The van der Waals surface area contributed by atoms with Crippen LogP contribution in [0.4, 0.5) is 0 Å². The topological polar surface area (TPSA) is 35.2 Å². The second-order valence-electron chi connectivity index (χ2n) is 5.32. The molecule has 2 N–H and O–H groups in total. The average molecular weight is 324 g/mol. The van der Waals surface area contributed by atoms with Crippen molar-refractivity contribution in [2.75, 3.05) is 0 Å². The van der Waals surface area contributed by atoms with E-state index in [1.54, 1.807) is 0 Å². The van der Waals surface area contributed by atoms with Crippen LogP contribution in [0.1, 0.15) is 11.1 Å². The van der Waals surface area contributed by atoms with Crippen molar-refractivity contribution in [3.63, 3.8) is 0 Å². The van der Waals surface area contributed by atoms with Crippen LogP contribution in [0.2, 0.25) is 5.02 Å². The first-order valence-electron chi connectivity index (χ1n) is 7.52. The molecule has 0 fully saturated rings. The zero-order valence-electron chi connectivity index (χ0n) is 12.7. The average Bonchev–Trinajstić information content (AvgIpc) is 2.62. The fraction of sp³-hybridized carbons (Fsp3) is 0.100. The summed E-state index contributed by atoms with van der Waals surface area (Å²) >= 11 is 6.26. The smallest absolute Gasteiger partial charge is 0.139 e. The van der Waals surface area contributed by atoms with Crippen LogP contribution in [0.25, 0.3) is 11.1 Å². The molecule has 23 heavy (non-hydrogen) atoms. The van der Waals surface area contributed by atoms with Crippen molar-refractivity contribution in [1.29, 1.82) is 0 Å². The number of rotatable bonds is 5. The third-order valence-corrected chi connectivity index (χ3v) is 4.00. The van der Waals surface area contributed by atoms with E-state index in [0.717, 1.165) is 22.3 Å². The van der Waals surface area contributed by atoms with Gasteiger partial charge in [-0.2, -0.15) is 0 Å². The number of halogens is 1. The third-order valence-electron chi connectivity index (χ3n) is 3.69. The van der Waals surface area contributed by atoms with E-state index in [2.05, 4.69) is 12.1 Å². The molecule has 0 aliphatic carbocycles. The molecular formula is C20H18ClNO. The maximum atomic E-state index is 6.26. The second-order valence-corrected chi connectivity index (χ2v) is 5.73. The highest BCUT2D eigenvalue weighted by Gasteiger charge is 2.06. The van der Waals surface area contributed by atoms with E-state index in [9.17, 15) is 0 Å². The van der Waals surface area contributed by atoms with Gasteiger partial charge in [-0.15, -0.1) is 0 Å². The number of hydrogen-bond acceptors (Lipinski definition) is 2. The summed E-state index contributed by atoms with van der Waals surface area (Å²) in [6.07, 6.45) is 0. The van der Waals surface area contributed by atoms with Gasteiger partial charge in [0.05, 0.1) is 5.02 Å². The Labute approximate surface area is 141 Å². The minimum atomic E-state index is 0.496. The molecule has 3 rings (SSSR count). The Balaban J connectivity index is 1.80. The highest BCUT2D eigenvalue weighted by atomic mass is 35.5. The molecule has 116 valence electrons. The number of ether oxygens (including phenoxy) is 1. The molecule has 0 saturated carbocycles. The molecule has 0 aliphatic heterocycles. The van der Waals surface area contributed by atoms with Gasteiger partial charge in [0.2, 0.25) is 0 Å². The van der Waals surface area contributed by atoms with Gasteiger partial charge >= 0.3 is 0 Å². The van der Waals surface area contributed by atoms with E-state index in [1.807, 2.05) is 60.7 Å². The van der Waals surface area contributed by atoms with E-state index in [0.29, 0.717) is 23.9 Å². The third kappa shape index (κ3) is 3.92. The van der Waals surface area contributed by atoms with Crippen LogP contribution in [0.3, 0.4) is 0 Å². The Morgan fingerprint density at radius 1 is 0.783 bits per heavy atom. The first-order valence-corrected chi connectivity index (χ1v) is 7.90. The molecule has 0 aromatic heterocycles. The van der Waals surface area contributed by atoms with Gasteiger partial charge in [-0.1, -0.05) is 72.3 Å². The summed E-state index contributed by atoms with van der Waals surface area (Å²) < 4.78 is 5.88. The molecule has 0 amide bonds. The van der Waals surface area contributed by atoms with E-state index < -0.39 is 0 Å². The minimum Gasteiger partial charge on any atom is -0.487 e. The maximum absolute atomic E-state index is 6.26. The molecular weight excluding hydrogens is 306 g/mol. The molecule has 2 nitrogen and oxygen atoms in total. The normalized spacial score (nSPS) is 10.5. The largest absolute Gasteiger partial charge is 0.487 e. The van der Waals surface area contributed by atoms with Crippen LogP contribution in [-0.2, 0) is 13.2 Å². The Kier molecular flexibility index (Phi) is 4.96. The van der Waals surface area contributed by atoms with Gasteiger partial charge in [-0.3, -0.25) is 0 Å². The van der Waals surface area contributed by atoms with Crippen molar-refractivity contribution in [3.8, 4) is 16.9 Å². The molecule has 3 heteroatoms. The summed E-state index contributed by atoms with van der Waals surface area (Å²) in [5.74, 6) is 0.691. The fourth-order valence-electron chi connectivity index (χ4n) is 2.36. The Morgan fingerprint density at radius 2 is 1.48 bits per heavy atom. The van der Waals surface area contributed by atoms with Gasteiger partial charge in [-0.05, 0) is 34.4 Å². The first-order chi connectivity index (χ1) is 11.3. The summed E-state index contributed by atoms with van der Waals surface area (Å²) in [7, 11) is 0. The van der Waals surface area contributed by atoms with Crippen LogP contribution < -0.4 is 10.5 Å². The standard InChI is InChI=1S/C20H18ClNO/c21-19-11-10-18(17-8-6-15(13-22)7-9-17)12-20(19)23-14-16-4-2-1-3-5-16/h1-12H,13-14,22H2. The highest BCUT2D eigenvalue weighted by Crippen LogP contribution is 2.31. The van der Waals surface area contributed by atoms with E-state index in [-0.39, 0.29) is 0 Å². The van der Waals surface area contributed by atoms with Gasteiger partial charge in [0.25, 0.3) is 0 Å². The van der Waals surface area contributed by atoms with Gasteiger partial charge in [0.15, 0.2) is 0 Å². The summed E-state index contributed by atoms with van der Waals surface area (Å²) in [5.41, 5.74) is 10.1. The monoisotopic (exact) mass is 323 g/mol. The van der Waals surface area contributed by atoms with E-state index in [4.69, 9.17) is 22.1 Å². The summed E-state index contributed by atoms with van der Waals surface area (Å²) in [6.45, 7) is 1.04. The van der Waals surface area contributed by atoms with Gasteiger partial charge in [0, 0.05) is 6.54 Å². The predicted octanol–water partition coefficient (Wildman–Crippen LogP) is 5.04. The lowest BCUT2D eigenvalue weighted by molar-refractivity contribution is 0.306. The molecule has 0 aliphatic rings. The Bertz CT molecular complexity index is 769. The molecule has 0 radical (unpaired) electrons. The van der Waals surface area contributed by atoms with Gasteiger partial charge in [0.1, 0.15) is 12.4 Å². The van der Waals surface area contributed by atoms with Crippen LogP contribution in [0.15, 0.2) is 72.8 Å². The number of benzene rings is 3. The molecule has 0 saturated heterocycles. The van der Waals surface area contributed by atoms with Crippen molar-refractivity contribution < 1.29 is 4.74 Å². The predicted molar refractivity (Wildman–Crippen MR) is 95.6 cm³/mol. The summed E-state index contributed by atoms with van der Waals surface area (Å²) in [4.78, 5) is 0. The lowest BCUT2D eigenvalue weighted by Gasteiger charge is -2.11. The number of nitrogens with two attached hydrogens (primary N) is 1. The van der Waals surface area contributed by atoms with Crippen molar-refractivity contribution in [1.82, 2.24) is 0 Å². The lowest BCUT2D eigenvalue weighted by atomic mass is 10.0. The van der Waals surface area contributed by atoms with Crippen molar-refractivity contribution in [2.24, 2.45) is 5.73 Å². The SMILES string of the molecule is NCc1ccc(-c2ccc(Cl)c(OCc3ccccc3)c2)cc1. The molecule has 3 aromatic carbocycles. The second kappa shape index (κ2) is 7.32. The van der Waals surface area contributed by atoms with E-state index in [1.165, 1.54) is 0 Å². The molecule has 0 unspecified atom stereocenters. The Hall–Kier alpha value is -2.29. The van der Waals surface area contributed by atoms with Gasteiger partial charge < -0.3 is 10.5 Å². The minimum absolute atomic E-state index is 0.496.